The zero-order chi connectivity index (χ0) is 16.1. The van der Waals surface area contributed by atoms with Crippen molar-refractivity contribution in [3.05, 3.63) is 23.8 Å². The molecule has 0 radical (unpaired) electrons. The Kier molecular flexibility index (Phi) is 5.02. The van der Waals surface area contributed by atoms with Gasteiger partial charge in [0.2, 0.25) is 11.8 Å². The molecule has 2 aromatic heterocycles. The van der Waals surface area contributed by atoms with E-state index in [0.717, 1.165) is 50.5 Å². The molecule has 0 aliphatic carbocycles. The van der Waals surface area contributed by atoms with Gasteiger partial charge in [-0.1, -0.05) is 12.0 Å². The Bertz CT molecular complexity index is 605. The van der Waals surface area contributed by atoms with E-state index in [2.05, 4.69) is 49.3 Å². The Morgan fingerprint density at radius 2 is 1.87 bits per heavy atom. The predicted molar refractivity (Wildman–Crippen MR) is 87.4 cm³/mol. The number of hydrogen-bond acceptors (Lipinski definition) is 8. The summed E-state index contributed by atoms with van der Waals surface area (Å²) in [4.78, 5) is 13.5. The smallest absolute Gasteiger partial charge is 0.315 e. The SMILES string of the molecule is CCCc1nnc(NCc2cnc(N3CCN(C)CC3)nc2)o1. The quantitative estimate of drug-likeness (QED) is 0.850. The third kappa shape index (κ3) is 4.16. The summed E-state index contributed by atoms with van der Waals surface area (Å²) in [6.07, 6.45) is 5.48. The average molecular weight is 317 g/mol. The van der Waals surface area contributed by atoms with E-state index in [-0.39, 0.29) is 0 Å². The van der Waals surface area contributed by atoms with E-state index in [1.165, 1.54) is 0 Å². The minimum absolute atomic E-state index is 0.441. The molecule has 1 aliphatic heterocycles. The van der Waals surface area contributed by atoms with E-state index < -0.39 is 0 Å². The Morgan fingerprint density at radius 3 is 2.57 bits per heavy atom. The molecule has 0 bridgehead atoms. The van der Waals surface area contributed by atoms with Crippen LogP contribution in [0.1, 0.15) is 24.8 Å². The van der Waals surface area contributed by atoms with Gasteiger partial charge in [0.05, 0.1) is 0 Å². The molecule has 1 N–H and O–H groups in total. The summed E-state index contributed by atoms with van der Waals surface area (Å²) in [6, 6.07) is 0.441. The van der Waals surface area contributed by atoms with E-state index in [1.54, 1.807) is 0 Å². The van der Waals surface area contributed by atoms with Crippen LogP contribution in [0.25, 0.3) is 0 Å². The van der Waals surface area contributed by atoms with Gasteiger partial charge < -0.3 is 19.5 Å². The van der Waals surface area contributed by atoms with Crippen LogP contribution in [-0.4, -0.2) is 58.3 Å². The van der Waals surface area contributed by atoms with Crippen molar-refractivity contribution in [1.82, 2.24) is 25.1 Å². The lowest BCUT2D eigenvalue weighted by atomic mass is 10.3. The van der Waals surface area contributed by atoms with Gasteiger partial charge in [-0.25, -0.2) is 9.97 Å². The topological polar surface area (TPSA) is 83.2 Å². The first-order valence-electron chi connectivity index (χ1n) is 8.05. The molecular formula is C15H23N7O. The number of hydrogen-bond donors (Lipinski definition) is 1. The number of rotatable bonds is 6. The van der Waals surface area contributed by atoms with Crippen LogP contribution in [0.3, 0.4) is 0 Å². The van der Waals surface area contributed by atoms with Crippen molar-refractivity contribution < 1.29 is 4.42 Å². The Morgan fingerprint density at radius 1 is 1.13 bits per heavy atom. The molecule has 1 aliphatic rings. The standard InChI is InChI=1S/C15H23N7O/c1-3-4-13-19-20-15(23-13)18-11-12-9-16-14(17-10-12)22-7-5-21(2)6-8-22/h9-10H,3-8,11H2,1-2H3,(H,18,20). The van der Waals surface area contributed by atoms with Crippen molar-refractivity contribution in [2.75, 3.05) is 43.4 Å². The number of aryl methyl sites for hydroxylation is 1. The first kappa shape index (κ1) is 15.7. The van der Waals surface area contributed by atoms with Crippen molar-refractivity contribution in [1.29, 1.82) is 0 Å². The minimum Gasteiger partial charge on any atom is -0.408 e. The fourth-order valence-corrected chi connectivity index (χ4v) is 2.43. The van der Waals surface area contributed by atoms with Crippen molar-refractivity contribution in [2.24, 2.45) is 0 Å². The first-order valence-corrected chi connectivity index (χ1v) is 8.05. The largest absolute Gasteiger partial charge is 0.408 e. The number of aromatic nitrogens is 4. The number of anilines is 2. The lowest BCUT2D eigenvalue weighted by Crippen LogP contribution is -2.45. The van der Waals surface area contributed by atoms with Crippen LogP contribution in [-0.2, 0) is 13.0 Å². The fourth-order valence-electron chi connectivity index (χ4n) is 2.43. The van der Waals surface area contributed by atoms with Crippen molar-refractivity contribution in [2.45, 2.75) is 26.3 Å². The summed E-state index contributed by atoms with van der Waals surface area (Å²) < 4.78 is 5.49. The van der Waals surface area contributed by atoms with Gasteiger partial charge in [-0.05, 0) is 13.5 Å². The van der Waals surface area contributed by atoms with Gasteiger partial charge in [0, 0.05) is 57.1 Å². The average Bonchev–Trinajstić information content (AvgIpc) is 3.02. The maximum Gasteiger partial charge on any atom is 0.315 e. The summed E-state index contributed by atoms with van der Waals surface area (Å²) in [5.41, 5.74) is 0.984. The summed E-state index contributed by atoms with van der Waals surface area (Å²) in [5.74, 6) is 1.46. The molecule has 3 heterocycles. The monoisotopic (exact) mass is 317 g/mol. The number of nitrogens with one attached hydrogen (secondary N) is 1. The zero-order valence-corrected chi connectivity index (χ0v) is 13.7. The summed E-state index contributed by atoms with van der Waals surface area (Å²) >= 11 is 0. The highest BCUT2D eigenvalue weighted by atomic mass is 16.4. The Labute approximate surface area is 135 Å². The van der Waals surface area contributed by atoms with E-state index >= 15 is 0 Å². The lowest BCUT2D eigenvalue weighted by Gasteiger charge is -2.32. The number of nitrogens with zero attached hydrogens (tertiary/aromatic N) is 6. The molecule has 0 unspecified atom stereocenters. The van der Waals surface area contributed by atoms with Crippen molar-refractivity contribution >= 4 is 12.0 Å². The van der Waals surface area contributed by atoms with Crippen molar-refractivity contribution in [3.8, 4) is 0 Å². The van der Waals surface area contributed by atoms with Crippen LogP contribution in [0.5, 0.6) is 0 Å². The molecule has 0 amide bonds. The van der Waals surface area contributed by atoms with Crippen LogP contribution in [0.4, 0.5) is 12.0 Å². The van der Waals surface area contributed by atoms with Crippen LogP contribution in [0, 0.1) is 0 Å². The van der Waals surface area contributed by atoms with Crippen LogP contribution in [0.15, 0.2) is 16.8 Å². The predicted octanol–water partition coefficient (Wildman–Crippen LogP) is 1.18. The summed E-state index contributed by atoms with van der Waals surface area (Å²) in [5, 5.41) is 11.0. The third-order valence-corrected chi connectivity index (χ3v) is 3.85. The molecule has 8 heteroatoms. The van der Waals surface area contributed by atoms with Gasteiger partial charge >= 0.3 is 6.01 Å². The first-order chi connectivity index (χ1) is 11.2. The zero-order valence-electron chi connectivity index (χ0n) is 13.7. The molecule has 124 valence electrons. The van der Waals surface area contributed by atoms with E-state index in [9.17, 15) is 0 Å². The lowest BCUT2D eigenvalue weighted by molar-refractivity contribution is 0.311. The molecule has 0 aromatic carbocycles. The van der Waals surface area contributed by atoms with Gasteiger partial charge in [0.25, 0.3) is 0 Å². The van der Waals surface area contributed by atoms with Gasteiger partial charge in [-0.2, -0.15) is 0 Å². The summed E-state index contributed by atoms with van der Waals surface area (Å²) in [7, 11) is 2.14. The maximum absolute atomic E-state index is 5.49. The van der Waals surface area contributed by atoms with Gasteiger partial charge in [0.1, 0.15) is 0 Å². The molecule has 0 atom stereocenters. The van der Waals surface area contributed by atoms with E-state index in [0.29, 0.717) is 18.5 Å². The van der Waals surface area contributed by atoms with Crippen LogP contribution >= 0.6 is 0 Å². The van der Waals surface area contributed by atoms with Crippen LogP contribution in [0.2, 0.25) is 0 Å². The molecule has 0 spiro atoms. The number of piperazine rings is 1. The second kappa shape index (κ2) is 7.36. The fraction of sp³-hybridized carbons (Fsp3) is 0.600. The van der Waals surface area contributed by atoms with E-state index in [4.69, 9.17) is 4.42 Å². The highest BCUT2D eigenvalue weighted by Gasteiger charge is 2.16. The molecule has 23 heavy (non-hydrogen) atoms. The van der Waals surface area contributed by atoms with E-state index in [1.807, 2.05) is 12.4 Å². The molecule has 8 nitrogen and oxygen atoms in total. The highest BCUT2D eigenvalue weighted by Crippen LogP contribution is 2.12. The summed E-state index contributed by atoms with van der Waals surface area (Å²) in [6.45, 7) is 6.67. The second-order valence-corrected chi connectivity index (χ2v) is 5.79. The third-order valence-electron chi connectivity index (χ3n) is 3.85. The highest BCUT2D eigenvalue weighted by molar-refractivity contribution is 5.31. The maximum atomic E-state index is 5.49. The molecule has 1 saturated heterocycles. The second-order valence-electron chi connectivity index (χ2n) is 5.79. The molecular weight excluding hydrogens is 294 g/mol. The Hall–Kier alpha value is -2.22. The Balaban J connectivity index is 1.52. The molecule has 0 saturated carbocycles. The minimum atomic E-state index is 0.441. The van der Waals surface area contributed by atoms with Gasteiger partial charge in [-0.15, -0.1) is 5.10 Å². The van der Waals surface area contributed by atoms with Gasteiger partial charge in [-0.3, -0.25) is 0 Å². The molecule has 2 aromatic rings. The van der Waals surface area contributed by atoms with Crippen LogP contribution < -0.4 is 10.2 Å². The normalized spacial score (nSPS) is 15.8. The number of likely N-dealkylation sites (N-methyl/N-ethyl adjacent to an activating group) is 1. The van der Waals surface area contributed by atoms with Gasteiger partial charge in [0.15, 0.2) is 0 Å². The molecule has 3 rings (SSSR count). The van der Waals surface area contributed by atoms with Crippen molar-refractivity contribution in [3.63, 3.8) is 0 Å². The molecule has 1 fully saturated rings.